The smallest absolute Gasteiger partial charge is 0.406 e. The zero-order chi connectivity index (χ0) is 25.0. The van der Waals surface area contributed by atoms with E-state index in [1.54, 1.807) is 5.32 Å². The monoisotopic (exact) mass is 488 g/mol. The zero-order valence-electron chi connectivity index (χ0n) is 16.7. The third-order valence-corrected chi connectivity index (χ3v) is 4.30. The van der Waals surface area contributed by atoms with Gasteiger partial charge in [-0.05, 0) is 42.5 Å². The summed E-state index contributed by atoms with van der Waals surface area (Å²) in [6, 6.07) is 5.30. The van der Waals surface area contributed by atoms with E-state index >= 15 is 0 Å². The van der Waals surface area contributed by atoms with Crippen molar-refractivity contribution in [3.8, 4) is 22.7 Å². The lowest BCUT2D eigenvalue weighted by Crippen LogP contribution is -2.48. The quantitative estimate of drug-likeness (QED) is 0.496. The highest BCUT2D eigenvalue weighted by Gasteiger charge is 2.32. The van der Waals surface area contributed by atoms with E-state index in [1.807, 2.05) is 0 Å². The van der Waals surface area contributed by atoms with Crippen molar-refractivity contribution in [2.75, 3.05) is 0 Å². The maximum Gasteiger partial charge on any atom is 0.573 e. The van der Waals surface area contributed by atoms with E-state index in [1.165, 1.54) is 24.5 Å². The van der Waals surface area contributed by atoms with Crippen LogP contribution in [0.5, 0.6) is 5.75 Å². The molecule has 0 spiro atoms. The Balaban J connectivity index is 2.09. The molecule has 0 bridgehead atoms. The molecule has 1 amide bonds. The van der Waals surface area contributed by atoms with Gasteiger partial charge < -0.3 is 15.2 Å². The van der Waals surface area contributed by atoms with Crippen LogP contribution in [0.2, 0.25) is 0 Å². The summed E-state index contributed by atoms with van der Waals surface area (Å²) in [5.74, 6) is -1.99. The Morgan fingerprint density at radius 1 is 1.12 bits per heavy atom. The SMILES string of the molecule is O=C(NC(C(O)F)C(F)F)c1cc(-c2ccc(OC(F)(F)F)cc2)nn(-c2cccnc2)c1=O. The van der Waals surface area contributed by atoms with E-state index in [0.29, 0.717) is 4.68 Å². The minimum absolute atomic E-state index is 0.0661. The highest BCUT2D eigenvalue weighted by atomic mass is 19.4. The summed E-state index contributed by atoms with van der Waals surface area (Å²) in [7, 11) is 0. The molecule has 0 saturated carbocycles. The molecule has 2 unspecified atom stereocenters. The number of benzene rings is 1. The first-order chi connectivity index (χ1) is 16.0. The minimum atomic E-state index is -4.93. The molecule has 2 N–H and O–H groups in total. The van der Waals surface area contributed by atoms with Crippen molar-refractivity contribution in [3.05, 3.63) is 70.8 Å². The maximum atomic E-state index is 13.1. The molecule has 14 heteroatoms. The van der Waals surface area contributed by atoms with Crippen molar-refractivity contribution < 1.29 is 41.0 Å². The van der Waals surface area contributed by atoms with Gasteiger partial charge in [-0.3, -0.25) is 14.6 Å². The number of hydrogen-bond acceptors (Lipinski definition) is 6. The molecule has 0 aliphatic rings. The number of aromatic nitrogens is 3. The van der Waals surface area contributed by atoms with Crippen LogP contribution in [0.4, 0.5) is 26.3 Å². The summed E-state index contributed by atoms with van der Waals surface area (Å²) in [5.41, 5.74) is -1.78. The maximum absolute atomic E-state index is 13.1. The molecule has 0 saturated heterocycles. The van der Waals surface area contributed by atoms with Crippen LogP contribution < -0.4 is 15.6 Å². The average Bonchev–Trinajstić information content (AvgIpc) is 2.77. The minimum Gasteiger partial charge on any atom is -0.406 e. The van der Waals surface area contributed by atoms with Gasteiger partial charge >= 0.3 is 6.36 Å². The molecule has 180 valence electrons. The van der Waals surface area contributed by atoms with Gasteiger partial charge in [-0.1, -0.05) is 0 Å². The summed E-state index contributed by atoms with van der Waals surface area (Å²) in [6.07, 6.45) is -8.96. The Morgan fingerprint density at radius 3 is 2.32 bits per heavy atom. The second-order valence-corrected chi connectivity index (χ2v) is 6.65. The fourth-order valence-electron chi connectivity index (χ4n) is 2.76. The molecule has 8 nitrogen and oxygen atoms in total. The normalized spacial score (nSPS) is 13.4. The molecule has 0 fully saturated rings. The molecule has 0 aliphatic carbocycles. The summed E-state index contributed by atoms with van der Waals surface area (Å²) in [5, 5.41) is 14.5. The predicted molar refractivity (Wildman–Crippen MR) is 104 cm³/mol. The van der Waals surface area contributed by atoms with E-state index in [4.69, 9.17) is 5.11 Å². The number of rotatable bonds is 7. The fraction of sp³-hybridized carbons (Fsp3) is 0.200. The van der Waals surface area contributed by atoms with Gasteiger partial charge in [0.2, 0.25) is 6.36 Å². The van der Waals surface area contributed by atoms with Gasteiger partial charge in [-0.2, -0.15) is 9.78 Å². The lowest BCUT2D eigenvalue weighted by atomic mass is 10.1. The van der Waals surface area contributed by atoms with E-state index < -0.39 is 48.0 Å². The zero-order valence-corrected chi connectivity index (χ0v) is 16.7. The summed E-state index contributed by atoms with van der Waals surface area (Å²) < 4.78 is 80.7. The van der Waals surface area contributed by atoms with E-state index in [2.05, 4.69) is 14.8 Å². The Bertz CT molecular complexity index is 1190. The predicted octanol–water partition coefficient (Wildman–Crippen LogP) is 2.84. The molecule has 3 aromatic rings. The van der Waals surface area contributed by atoms with Gasteiger partial charge in [0.1, 0.15) is 17.4 Å². The van der Waals surface area contributed by atoms with Crippen LogP contribution >= 0.6 is 0 Å². The van der Waals surface area contributed by atoms with Gasteiger partial charge in [0.25, 0.3) is 17.9 Å². The number of carbonyl (C=O) groups excluding carboxylic acids is 1. The number of aliphatic hydroxyl groups is 1. The molecular formula is C20H14F6N4O4. The van der Waals surface area contributed by atoms with Crippen LogP contribution in [0, 0.1) is 0 Å². The highest BCUT2D eigenvalue weighted by Crippen LogP contribution is 2.26. The largest absolute Gasteiger partial charge is 0.573 e. The number of pyridine rings is 1. The third-order valence-electron chi connectivity index (χ3n) is 4.30. The number of halogens is 6. The first kappa shape index (κ1) is 24.7. The second kappa shape index (κ2) is 9.91. The first-order valence-electron chi connectivity index (χ1n) is 9.28. The Kier molecular flexibility index (Phi) is 7.20. The van der Waals surface area contributed by atoms with Gasteiger partial charge in [0, 0.05) is 11.8 Å². The van der Waals surface area contributed by atoms with Gasteiger partial charge in [-0.25, -0.2) is 13.2 Å². The van der Waals surface area contributed by atoms with Gasteiger partial charge in [-0.15, -0.1) is 13.2 Å². The standard InChI is InChI=1S/C20H14F6N4O4/c21-16(22)15(17(23)31)28-18(32)13-8-14(10-3-5-12(6-4-10)34-20(24,25)26)29-30(19(13)33)11-2-1-7-27-9-11/h1-9,15-17,31H,(H,28,32). The number of nitrogens with zero attached hydrogens (tertiary/aromatic N) is 3. The Labute approximate surface area is 186 Å². The van der Waals surface area contributed by atoms with E-state index in [9.17, 15) is 35.9 Å². The Hall–Kier alpha value is -3.94. The number of alkyl halides is 6. The highest BCUT2D eigenvalue weighted by molar-refractivity contribution is 5.95. The average molecular weight is 488 g/mol. The van der Waals surface area contributed by atoms with Crippen LogP contribution in [0.1, 0.15) is 10.4 Å². The van der Waals surface area contributed by atoms with Crippen molar-refractivity contribution in [1.29, 1.82) is 0 Å². The summed E-state index contributed by atoms with van der Waals surface area (Å²) in [6.45, 7) is 0. The molecule has 0 aliphatic heterocycles. The van der Waals surface area contributed by atoms with Gasteiger partial charge in [0.05, 0.1) is 17.6 Å². The number of carbonyl (C=O) groups is 1. The van der Waals surface area contributed by atoms with Crippen LogP contribution in [-0.4, -0.2) is 51.0 Å². The van der Waals surface area contributed by atoms with Crippen molar-refractivity contribution in [2.24, 2.45) is 0 Å². The van der Waals surface area contributed by atoms with Crippen LogP contribution in [0.15, 0.2) is 59.7 Å². The van der Waals surface area contributed by atoms with Crippen molar-refractivity contribution in [3.63, 3.8) is 0 Å². The van der Waals surface area contributed by atoms with Crippen molar-refractivity contribution in [1.82, 2.24) is 20.1 Å². The molecule has 34 heavy (non-hydrogen) atoms. The topological polar surface area (TPSA) is 106 Å². The first-order valence-corrected chi connectivity index (χ1v) is 9.28. The number of nitrogens with one attached hydrogen (secondary N) is 1. The van der Waals surface area contributed by atoms with Crippen molar-refractivity contribution in [2.45, 2.75) is 25.2 Å². The lowest BCUT2D eigenvalue weighted by Gasteiger charge is -2.18. The summed E-state index contributed by atoms with van der Waals surface area (Å²) >= 11 is 0. The molecule has 2 aromatic heterocycles. The lowest BCUT2D eigenvalue weighted by molar-refractivity contribution is -0.274. The third kappa shape index (κ3) is 5.89. The van der Waals surface area contributed by atoms with E-state index in [0.717, 1.165) is 30.3 Å². The van der Waals surface area contributed by atoms with Gasteiger partial charge in [0.15, 0.2) is 0 Å². The molecule has 1 aromatic carbocycles. The molecule has 2 atom stereocenters. The number of ether oxygens (including phenoxy) is 1. The molecular weight excluding hydrogens is 474 g/mol. The molecule has 2 heterocycles. The van der Waals surface area contributed by atoms with Crippen LogP contribution in [-0.2, 0) is 0 Å². The second-order valence-electron chi connectivity index (χ2n) is 6.65. The van der Waals surface area contributed by atoms with Crippen LogP contribution in [0.25, 0.3) is 16.9 Å². The van der Waals surface area contributed by atoms with Crippen molar-refractivity contribution >= 4 is 5.91 Å². The van der Waals surface area contributed by atoms with Crippen LogP contribution in [0.3, 0.4) is 0 Å². The fourth-order valence-corrected chi connectivity index (χ4v) is 2.76. The molecule has 3 rings (SSSR count). The Morgan fingerprint density at radius 2 is 1.79 bits per heavy atom. The number of amides is 1. The number of aliphatic hydroxyl groups excluding tert-OH is 1. The van der Waals surface area contributed by atoms with E-state index in [-0.39, 0.29) is 16.9 Å². The number of hydrogen-bond donors (Lipinski definition) is 2. The summed E-state index contributed by atoms with van der Waals surface area (Å²) in [4.78, 5) is 29.2. The molecule has 0 radical (unpaired) electrons.